The summed E-state index contributed by atoms with van der Waals surface area (Å²) in [7, 11) is 1.73. The van der Waals surface area contributed by atoms with Crippen LogP contribution in [0.1, 0.15) is 29.3 Å². The molecular weight excluding hydrogens is 356 g/mol. The number of thiazole rings is 1. The van der Waals surface area contributed by atoms with E-state index in [0.29, 0.717) is 0 Å². The summed E-state index contributed by atoms with van der Waals surface area (Å²) in [6.45, 7) is 4.44. The first kappa shape index (κ1) is 19.5. The zero-order chi connectivity index (χ0) is 18.9. The molecule has 0 N–H and O–H groups in total. The molecule has 0 saturated carbocycles. The van der Waals surface area contributed by atoms with Gasteiger partial charge >= 0.3 is 0 Å². The molecule has 2 aromatic heterocycles. The minimum absolute atomic E-state index is 0.744. The van der Waals surface area contributed by atoms with Gasteiger partial charge in [0.1, 0.15) is 0 Å². The average Bonchev–Trinajstić information content (AvgIpc) is 3.24. The van der Waals surface area contributed by atoms with Gasteiger partial charge in [0.25, 0.3) is 0 Å². The van der Waals surface area contributed by atoms with Crippen LogP contribution in [0.25, 0.3) is 0 Å². The van der Waals surface area contributed by atoms with Crippen LogP contribution in [0.5, 0.6) is 0 Å². The van der Waals surface area contributed by atoms with E-state index in [9.17, 15) is 0 Å². The number of aromatic nitrogens is 3. The molecule has 6 heteroatoms. The molecular formula is C21H25N4OS. The van der Waals surface area contributed by atoms with E-state index in [1.165, 1.54) is 22.5 Å². The Bertz CT molecular complexity index is 788. The van der Waals surface area contributed by atoms with Crippen LogP contribution in [0.4, 0.5) is 5.95 Å². The fourth-order valence-corrected chi connectivity index (χ4v) is 3.29. The summed E-state index contributed by atoms with van der Waals surface area (Å²) in [5.74, 6) is 0.759. The predicted octanol–water partition coefficient (Wildman–Crippen LogP) is 3.73. The summed E-state index contributed by atoms with van der Waals surface area (Å²) in [6.07, 6.45) is 6.56. The summed E-state index contributed by atoms with van der Waals surface area (Å²) in [4.78, 5) is 15.6. The maximum absolute atomic E-state index is 5.15. The molecule has 0 aliphatic rings. The van der Waals surface area contributed by atoms with Gasteiger partial charge in [0, 0.05) is 44.4 Å². The van der Waals surface area contributed by atoms with Crippen molar-refractivity contribution in [1.29, 1.82) is 0 Å². The van der Waals surface area contributed by atoms with Gasteiger partial charge in [-0.1, -0.05) is 31.2 Å². The Labute approximate surface area is 165 Å². The van der Waals surface area contributed by atoms with E-state index in [1.807, 2.05) is 17.8 Å². The Morgan fingerprint density at radius 3 is 2.41 bits per heavy atom. The van der Waals surface area contributed by atoms with Gasteiger partial charge in [-0.15, -0.1) is 11.3 Å². The molecule has 0 saturated heterocycles. The fraction of sp³-hybridized carbons (Fsp3) is 0.381. The Kier molecular flexibility index (Phi) is 7.30. The van der Waals surface area contributed by atoms with Crippen LogP contribution in [0, 0.1) is 5.51 Å². The van der Waals surface area contributed by atoms with Gasteiger partial charge in [-0.2, -0.15) is 0 Å². The van der Waals surface area contributed by atoms with Crippen molar-refractivity contribution in [3.8, 4) is 0 Å². The first-order valence-electron chi connectivity index (χ1n) is 9.21. The molecule has 1 aromatic carbocycles. The molecule has 0 amide bonds. The number of benzene rings is 1. The van der Waals surface area contributed by atoms with Crippen molar-refractivity contribution in [2.24, 2.45) is 0 Å². The van der Waals surface area contributed by atoms with Crippen molar-refractivity contribution < 1.29 is 4.74 Å². The van der Waals surface area contributed by atoms with E-state index in [-0.39, 0.29) is 0 Å². The van der Waals surface area contributed by atoms with Crippen molar-refractivity contribution in [3.05, 3.63) is 69.9 Å². The second kappa shape index (κ2) is 10.1. The summed E-state index contributed by atoms with van der Waals surface area (Å²) in [5.41, 5.74) is 7.65. The van der Waals surface area contributed by atoms with Crippen molar-refractivity contribution in [1.82, 2.24) is 15.0 Å². The number of nitrogens with zero attached hydrogens (tertiary/aromatic N) is 4. The number of rotatable bonds is 10. The van der Waals surface area contributed by atoms with Crippen molar-refractivity contribution in [3.63, 3.8) is 0 Å². The Morgan fingerprint density at radius 2 is 1.78 bits per heavy atom. The zero-order valence-corrected chi connectivity index (χ0v) is 16.7. The minimum atomic E-state index is 0.744. The number of methoxy groups -OCH3 is 1. The molecule has 0 atom stereocenters. The lowest BCUT2D eigenvalue weighted by atomic mass is 10.1. The standard InChI is InChI=1S/C21H25N4OS/c1-3-17-12-22-21(23-13-17)25(10-8-20-15-27-16-24-20)14-19-6-4-18(5-7-19)9-11-26-2/h4-7,12-13,15H,3,8-11,14H2,1-2H3. The van der Waals surface area contributed by atoms with E-state index < -0.39 is 0 Å². The van der Waals surface area contributed by atoms with Crippen LogP contribution in [0.2, 0.25) is 0 Å². The van der Waals surface area contributed by atoms with Crippen LogP contribution in [-0.4, -0.2) is 35.2 Å². The monoisotopic (exact) mass is 381 g/mol. The Hall–Kier alpha value is -2.31. The molecule has 141 valence electrons. The minimum Gasteiger partial charge on any atom is -0.384 e. The van der Waals surface area contributed by atoms with Crippen molar-refractivity contribution >= 4 is 17.3 Å². The molecule has 0 fully saturated rings. The number of anilines is 1. The highest BCUT2D eigenvalue weighted by Crippen LogP contribution is 2.15. The first-order chi connectivity index (χ1) is 13.3. The van der Waals surface area contributed by atoms with E-state index in [4.69, 9.17) is 4.74 Å². The molecule has 1 radical (unpaired) electrons. The molecule has 0 bridgehead atoms. The van der Waals surface area contributed by atoms with Crippen LogP contribution >= 0.6 is 11.3 Å². The van der Waals surface area contributed by atoms with Gasteiger partial charge in [-0.05, 0) is 29.5 Å². The maximum atomic E-state index is 5.15. The van der Waals surface area contributed by atoms with Gasteiger partial charge in [-0.3, -0.25) is 0 Å². The van der Waals surface area contributed by atoms with Gasteiger partial charge < -0.3 is 9.64 Å². The quantitative estimate of drug-likeness (QED) is 0.535. The summed E-state index contributed by atoms with van der Waals surface area (Å²) in [6, 6.07) is 8.69. The van der Waals surface area contributed by atoms with E-state index in [2.05, 4.69) is 56.6 Å². The third-order valence-corrected chi connectivity index (χ3v) is 5.04. The first-order valence-corrected chi connectivity index (χ1v) is 10.1. The van der Waals surface area contributed by atoms with E-state index >= 15 is 0 Å². The van der Waals surface area contributed by atoms with Crippen molar-refractivity contribution in [2.75, 3.05) is 25.2 Å². The van der Waals surface area contributed by atoms with Crippen LogP contribution in [0.15, 0.2) is 42.0 Å². The topological polar surface area (TPSA) is 51.1 Å². The lowest BCUT2D eigenvalue weighted by Crippen LogP contribution is -2.27. The smallest absolute Gasteiger partial charge is 0.225 e. The highest BCUT2D eigenvalue weighted by molar-refractivity contribution is 7.07. The SMILES string of the molecule is CCc1cnc(N(CCc2cs[c]n2)Cc2ccc(CCOC)cc2)nc1. The second-order valence-corrected chi connectivity index (χ2v) is 7.06. The second-order valence-electron chi connectivity index (χ2n) is 6.41. The Morgan fingerprint density at radius 1 is 1.04 bits per heavy atom. The lowest BCUT2D eigenvalue weighted by Gasteiger charge is -2.22. The zero-order valence-electron chi connectivity index (χ0n) is 15.9. The van der Waals surface area contributed by atoms with Crippen LogP contribution in [0.3, 0.4) is 0 Å². The summed E-state index contributed by atoms with van der Waals surface area (Å²) in [5, 5.41) is 2.05. The molecule has 0 spiro atoms. The number of hydrogen-bond donors (Lipinski definition) is 0. The number of aryl methyl sites for hydroxylation is 1. The summed E-state index contributed by atoms with van der Waals surface area (Å²) < 4.78 is 5.15. The molecule has 5 nitrogen and oxygen atoms in total. The van der Waals surface area contributed by atoms with Gasteiger partial charge in [0.15, 0.2) is 5.51 Å². The number of ether oxygens (including phenoxy) is 1. The van der Waals surface area contributed by atoms with Crippen LogP contribution < -0.4 is 4.90 Å². The number of hydrogen-bond acceptors (Lipinski definition) is 6. The third kappa shape index (κ3) is 5.84. The lowest BCUT2D eigenvalue weighted by molar-refractivity contribution is 0.202. The molecule has 0 aliphatic heterocycles. The molecule has 3 aromatic rings. The van der Waals surface area contributed by atoms with Gasteiger partial charge in [0.05, 0.1) is 12.3 Å². The van der Waals surface area contributed by atoms with Crippen molar-refractivity contribution in [2.45, 2.75) is 32.7 Å². The maximum Gasteiger partial charge on any atom is 0.225 e. The molecule has 3 rings (SSSR count). The van der Waals surface area contributed by atoms with Crippen LogP contribution in [-0.2, 0) is 30.5 Å². The van der Waals surface area contributed by atoms with E-state index in [0.717, 1.165) is 56.2 Å². The fourth-order valence-electron chi connectivity index (χ4n) is 2.77. The normalized spacial score (nSPS) is 10.9. The molecule has 27 heavy (non-hydrogen) atoms. The highest BCUT2D eigenvalue weighted by atomic mass is 32.1. The third-order valence-electron chi connectivity index (χ3n) is 4.45. The largest absolute Gasteiger partial charge is 0.384 e. The highest BCUT2D eigenvalue weighted by Gasteiger charge is 2.12. The molecule has 2 heterocycles. The van der Waals surface area contributed by atoms with Gasteiger partial charge in [-0.25, -0.2) is 15.0 Å². The van der Waals surface area contributed by atoms with E-state index in [1.54, 1.807) is 7.11 Å². The summed E-state index contributed by atoms with van der Waals surface area (Å²) >= 11 is 1.51. The predicted molar refractivity (Wildman–Crippen MR) is 109 cm³/mol. The Balaban J connectivity index is 1.71. The molecule has 0 unspecified atom stereocenters. The molecule has 0 aliphatic carbocycles. The van der Waals surface area contributed by atoms with Gasteiger partial charge in [0.2, 0.25) is 5.95 Å². The average molecular weight is 382 g/mol.